The molecule has 0 spiro atoms. The quantitative estimate of drug-likeness (QED) is 0.456. The van der Waals surface area contributed by atoms with E-state index in [2.05, 4.69) is 5.32 Å². The van der Waals surface area contributed by atoms with Crippen LogP contribution < -0.4 is 5.32 Å². The van der Waals surface area contributed by atoms with Crippen molar-refractivity contribution in [3.8, 4) is 6.07 Å². The minimum absolute atomic E-state index is 0.0742. The monoisotopic (exact) mass is 307 g/mol. The van der Waals surface area contributed by atoms with Crippen molar-refractivity contribution in [3.63, 3.8) is 0 Å². The van der Waals surface area contributed by atoms with Crippen LogP contribution in [0.15, 0.2) is 11.8 Å². The first-order valence-electron chi connectivity index (χ1n) is 7.78. The van der Waals surface area contributed by atoms with E-state index in [1.165, 1.54) is 0 Å². The van der Waals surface area contributed by atoms with Crippen molar-refractivity contribution in [2.24, 2.45) is 11.8 Å². The van der Waals surface area contributed by atoms with Crippen LogP contribution in [0.25, 0.3) is 0 Å². The number of amides is 1. The lowest BCUT2D eigenvalue weighted by Gasteiger charge is -2.30. The highest BCUT2D eigenvalue weighted by molar-refractivity contribution is 5.97. The van der Waals surface area contributed by atoms with Crippen molar-refractivity contribution < 1.29 is 14.3 Å². The van der Waals surface area contributed by atoms with E-state index in [0.717, 1.165) is 19.4 Å². The lowest BCUT2D eigenvalue weighted by Crippen LogP contribution is -2.37. The summed E-state index contributed by atoms with van der Waals surface area (Å²) >= 11 is 0. The molecule has 1 rings (SSSR count). The summed E-state index contributed by atoms with van der Waals surface area (Å²) in [7, 11) is 0. The molecule has 1 unspecified atom stereocenters. The maximum Gasteiger partial charge on any atom is 0.310 e. The zero-order chi connectivity index (χ0) is 16.5. The number of carbonyl (C=O) groups excluding carboxylic acids is 2. The van der Waals surface area contributed by atoms with Gasteiger partial charge in [0.15, 0.2) is 0 Å². The van der Waals surface area contributed by atoms with E-state index in [9.17, 15) is 9.59 Å². The first-order valence-corrected chi connectivity index (χ1v) is 7.78. The Morgan fingerprint density at radius 1 is 1.50 bits per heavy atom. The van der Waals surface area contributed by atoms with Gasteiger partial charge in [0.05, 0.1) is 12.5 Å². The number of piperidine rings is 1. The molecule has 1 atom stereocenters. The number of ether oxygens (including phenoxy) is 1. The van der Waals surface area contributed by atoms with Gasteiger partial charge in [0.1, 0.15) is 11.6 Å². The summed E-state index contributed by atoms with van der Waals surface area (Å²) < 4.78 is 5.04. The van der Waals surface area contributed by atoms with E-state index in [-0.39, 0.29) is 23.4 Å². The lowest BCUT2D eigenvalue weighted by atomic mass is 9.98. The average molecular weight is 307 g/mol. The second kappa shape index (κ2) is 9.08. The van der Waals surface area contributed by atoms with Crippen LogP contribution in [-0.4, -0.2) is 43.0 Å². The molecule has 0 bridgehead atoms. The molecule has 0 aliphatic carbocycles. The summed E-state index contributed by atoms with van der Waals surface area (Å²) in [5, 5.41) is 11.9. The molecule has 1 aliphatic rings. The number of hydrogen-bond donors (Lipinski definition) is 1. The third kappa shape index (κ3) is 5.76. The second-order valence-electron chi connectivity index (χ2n) is 5.84. The number of nitrogens with one attached hydrogen (secondary N) is 1. The minimum atomic E-state index is -0.366. The van der Waals surface area contributed by atoms with E-state index in [1.54, 1.807) is 13.1 Å². The fraction of sp³-hybridized carbons (Fsp3) is 0.688. The van der Waals surface area contributed by atoms with E-state index in [0.29, 0.717) is 25.6 Å². The molecular formula is C16H25N3O3. The van der Waals surface area contributed by atoms with E-state index in [1.807, 2.05) is 24.8 Å². The summed E-state index contributed by atoms with van der Waals surface area (Å²) in [5.41, 5.74) is 0.0742. The summed E-state index contributed by atoms with van der Waals surface area (Å²) in [6.45, 7) is 7.88. The number of carbonyl (C=O) groups is 2. The molecule has 1 N–H and O–H groups in total. The van der Waals surface area contributed by atoms with Crippen LogP contribution in [0, 0.1) is 23.2 Å². The van der Waals surface area contributed by atoms with Gasteiger partial charge >= 0.3 is 5.97 Å². The number of nitriles is 1. The van der Waals surface area contributed by atoms with Gasteiger partial charge in [-0.05, 0) is 25.7 Å². The number of likely N-dealkylation sites (tertiary alicyclic amines) is 1. The van der Waals surface area contributed by atoms with Gasteiger partial charge in [-0.15, -0.1) is 0 Å². The predicted molar refractivity (Wildman–Crippen MR) is 82.5 cm³/mol. The van der Waals surface area contributed by atoms with Gasteiger partial charge in [0, 0.05) is 25.8 Å². The summed E-state index contributed by atoms with van der Waals surface area (Å²) in [6, 6.07) is 1.93. The molecule has 1 aliphatic heterocycles. The highest BCUT2D eigenvalue weighted by Gasteiger charge is 2.26. The van der Waals surface area contributed by atoms with Crippen molar-refractivity contribution in [2.75, 3.05) is 26.2 Å². The molecule has 0 aromatic heterocycles. The minimum Gasteiger partial charge on any atom is -0.466 e. The second-order valence-corrected chi connectivity index (χ2v) is 5.84. The SMILES string of the molecule is CCOC(=O)C1CCCN(/C=C(/C#N)C(=O)NCC(C)C)C1. The summed E-state index contributed by atoms with van der Waals surface area (Å²) in [5.74, 6) is -0.437. The number of rotatable bonds is 6. The van der Waals surface area contributed by atoms with Gasteiger partial charge in [0.25, 0.3) is 5.91 Å². The molecule has 0 saturated carbocycles. The lowest BCUT2D eigenvalue weighted by molar-refractivity contribution is -0.149. The Bertz CT molecular complexity index is 466. The van der Waals surface area contributed by atoms with Crippen LogP contribution in [0.5, 0.6) is 0 Å². The fourth-order valence-corrected chi connectivity index (χ4v) is 2.29. The number of hydrogen-bond acceptors (Lipinski definition) is 5. The molecule has 122 valence electrons. The third-order valence-electron chi connectivity index (χ3n) is 3.42. The Morgan fingerprint density at radius 3 is 2.82 bits per heavy atom. The third-order valence-corrected chi connectivity index (χ3v) is 3.42. The van der Waals surface area contributed by atoms with Gasteiger partial charge in [0.2, 0.25) is 0 Å². The van der Waals surface area contributed by atoms with Crippen LogP contribution in [0.3, 0.4) is 0 Å². The molecule has 0 aromatic carbocycles. The van der Waals surface area contributed by atoms with Crippen LogP contribution in [0.2, 0.25) is 0 Å². The molecule has 0 radical (unpaired) electrons. The zero-order valence-electron chi connectivity index (χ0n) is 13.6. The van der Waals surface area contributed by atoms with Crippen LogP contribution in [-0.2, 0) is 14.3 Å². The van der Waals surface area contributed by atoms with Gasteiger partial charge in [-0.1, -0.05) is 13.8 Å². The van der Waals surface area contributed by atoms with Gasteiger partial charge in [-0.25, -0.2) is 0 Å². The Morgan fingerprint density at radius 2 is 2.23 bits per heavy atom. The molecule has 1 heterocycles. The Hall–Kier alpha value is -2.03. The molecule has 6 heteroatoms. The first kappa shape index (κ1) is 18.0. The average Bonchev–Trinajstić information content (AvgIpc) is 2.50. The molecule has 22 heavy (non-hydrogen) atoms. The highest BCUT2D eigenvalue weighted by atomic mass is 16.5. The number of nitrogens with zero attached hydrogens (tertiary/aromatic N) is 2. The Balaban J connectivity index is 2.66. The van der Waals surface area contributed by atoms with Gasteiger partial charge < -0.3 is 15.0 Å². The van der Waals surface area contributed by atoms with Gasteiger partial charge in [-0.3, -0.25) is 9.59 Å². The Kier molecular flexibility index (Phi) is 7.44. The van der Waals surface area contributed by atoms with E-state index in [4.69, 9.17) is 10.00 Å². The van der Waals surface area contributed by atoms with Crippen molar-refractivity contribution in [2.45, 2.75) is 33.6 Å². The molecule has 1 amide bonds. The maximum absolute atomic E-state index is 12.0. The normalized spacial score (nSPS) is 18.8. The van der Waals surface area contributed by atoms with Crippen molar-refractivity contribution in [1.29, 1.82) is 5.26 Å². The van der Waals surface area contributed by atoms with Crippen LogP contribution in [0.1, 0.15) is 33.6 Å². The topological polar surface area (TPSA) is 82.4 Å². The van der Waals surface area contributed by atoms with E-state index < -0.39 is 0 Å². The van der Waals surface area contributed by atoms with Crippen LogP contribution >= 0.6 is 0 Å². The molecular weight excluding hydrogens is 282 g/mol. The largest absolute Gasteiger partial charge is 0.466 e. The fourth-order valence-electron chi connectivity index (χ4n) is 2.29. The molecule has 1 fully saturated rings. The van der Waals surface area contributed by atoms with Crippen molar-refractivity contribution >= 4 is 11.9 Å². The summed E-state index contributed by atoms with van der Waals surface area (Å²) in [4.78, 5) is 25.6. The zero-order valence-corrected chi connectivity index (χ0v) is 13.6. The van der Waals surface area contributed by atoms with E-state index >= 15 is 0 Å². The standard InChI is InChI=1S/C16H25N3O3/c1-4-22-16(21)13-6-5-7-19(10-13)11-14(8-17)15(20)18-9-12(2)3/h11-13H,4-7,9-10H2,1-3H3,(H,18,20)/b14-11-. The molecule has 0 aromatic rings. The predicted octanol–water partition coefficient (Wildman–Crippen LogP) is 1.44. The van der Waals surface area contributed by atoms with Crippen molar-refractivity contribution in [3.05, 3.63) is 11.8 Å². The highest BCUT2D eigenvalue weighted by Crippen LogP contribution is 2.18. The molecule has 1 saturated heterocycles. The number of esters is 1. The van der Waals surface area contributed by atoms with Gasteiger partial charge in [-0.2, -0.15) is 5.26 Å². The summed E-state index contributed by atoms with van der Waals surface area (Å²) in [6.07, 6.45) is 3.18. The van der Waals surface area contributed by atoms with Crippen LogP contribution in [0.4, 0.5) is 0 Å². The smallest absolute Gasteiger partial charge is 0.310 e. The first-order chi connectivity index (χ1) is 10.5. The Labute approximate surface area is 132 Å². The van der Waals surface area contributed by atoms with Crippen molar-refractivity contribution in [1.82, 2.24) is 10.2 Å². The maximum atomic E-state index is 12.0. The molecule has 6 nitrogen and oxygen atoms in total.